The number of amides is 1. The maximum absolute atomic E-state index is 13.2. The highest BCUT2D eigenvalue weighted by molar-refractivity contribution is 5.96. The zero-order chi connectivity index (χ0) is 20.6. The monoisotopic (exact) mass is 381 g/mol. The predicted octanol–water partition coefficient (Wildman–Crippen LogP) is 3.01. The summed E-state index contributed by atoms with van der Waals surface area (Å²) in [5.41, 5.74) is 0.408. The van der Waals surface area contributed by atoms with E-state index < -0.39 is 5.92 Å². The summed E-state index contributed by atoms with van der Waals surface area (Å²) in [7, 11) is 5.86. The summed E-state index contributed by atoms with van der Waals surface area (Å²) in [6.07, 6.45) is 0.823. The molecular weight excluding hydrogens is 350 g/mol. The van der Waals surface area contributed by atoms with Crippen molar-refractivity contribution in [1.82, 2.24) is 4.90 Å². The molecule has 1 aromatic rings. The summed E-state index contributed by atoms with van der Waals surface area (Å²) >= 11 is 0. The molecule has 0 aliphatic heterocycles. The lowest BCUT2D eigenvalue weighted by Crippen LogP contribution is -2.38. The molecule has 0 radical (unpaired) electrons. The van der Waals surface area contributed by atoms with E-state index in [1.165, 1.54) is 28.4 Å². The fourth-order valence-corrected chi connectivity index (χ4v) is 2.68. The molecule has 0 spiro atoms. The first-order valence-corrected chi connectivity index (χ1v) is 8.96. The molecule has 0 fully saturated rings. The van der Waals surface area contributed by atoms with Gasteiger partial charge in [-0.1, -0.05) is 20.8 Å². The average molecular weight is 381 g/mol. The number of ether oxygens (including phenoxy) is 4. The highest BCUT2D eigenvalue weighted by Crippen LogP contribution is 2.38. The minimum Gasteiger partial charge on any atom is -0.493 e. The van der Waals surface area contributed by atoms with Crippen molar-refractivity contribution < 1.29 is 28.5 Å². The van der Waals surface area contributed by atoms with Crippen molar-refractivity contribution in [3.63, 3.8) is 0 Å². The van der Waals surface area contributed by atoms with E-state index in [9.17, 15) is 9.59 Å². The van der Waals surface area contributed by atoms with Gasteiger partial charge in [0, 0.05) is 18.7 Å². The molecule has 0 saturated heterocycles. The summed E-state index contributed by atoms with van der Waals surface area (Å²) in [4.78, 5) is 26.6. The fourth-order valence-electron chi connectivity index (χ4n) is 2.68. The van der Waals surface area contributed by atoms with E-state index in [2.05, 4.69) is 13.8 Å². The lowest BCUT2D eigenvalue weighted by molar-refractivity contribution is -0.145. The van der Waals surface area contributed by atoms with Crippen LogP contribution in [0.15, 0.2) is 12.1 Å². The number of hydrogen-bond donors (Lipinski definition) is 0. The molecule has 0 bridgehead atoms. The standard InChI is InChI=1S/C20H31NO6/c1-13(2)8-9-21(12-14(3)20(23)27-7)19(22)15-10-16(24-4)18(26-6)17(11-15)25-5/h10-11,13-14H,8-9,12H2,1-7H3. The Morgan fingerprint density at radius 1 is 0.963 bits per heavy atom. The van der Waals surface area contributed by atoms with Gasteiger partial charge in [0.1, 0.15) is 0 Å². The molecular formula is C20H31NO6. The molecule has 152 valence electrons. The smallest absolute Gasteiger partial charge is 0.310 e. The third kappa shape index (κ3) is 6.05. The number of methoxy groups -OCH3 is 4. The summed E-state index contributed by atoms with van der Waals surface area (Å²) in [6.45, 7) is 6.73. The van der Waals surface area contributed by atoms with Crippen LogP contribution in [-0.4, -0.2) is 58.3 Å². The van der Waals surface area contributed by atoms with Crippen LogP contribution in [0, 0.1) is 11.8 Å². The van der Waals surface area contributed by atoms with Gasteiger partial charge in [-0.25, -0.2) is 0 Å². The molecule has 1 atom stereocenters. The van der Waals surface area contributed by atoms with Crippen LogP contribution in [0.2, 0.25) is 0 Å². The average Bonchev–Trinajstić information content (AvgIpc) is 2.67. The molecule has 0 aliphatic rings. The largest absolute Gasteiger partial charge is 0.493 e. The summed E-state index contributed by atoms with van der Waals surface area (Å²) in [5.74, 6) is 0.693. The zero-order valence-electron chi connectivity index (χ0n) is 17.3. The van der Waals surface area contributed by atoms with Gasteiger partial charge in [0.15, 0.2) is 11.5 Å². The van der Waals surface area contributed by atoms with Crippen molar-refractivity contribution in [1.29, 1.82) is 0 Å². The number of carbonyl (C=O) groups is 2. The first kappa shape index (κ1) is 22.6. The molecule has 1 aromatic carbocycles. The van der Waals surface area contributed by atoms with E-state index in [0.29, 0.717) is 35.3 Å². The van der Waals surface area contributed by atoms with Crippen molar-refractivity contribution in [2.45, 2.75) is 27.2 Å². The van der Waals surface area contributed by atoms with E-state index in [1.54, 1.807) is 24.0 Å². The van der Waals surface area contributed by atoms with Crippen LogP contribution in [-0.2, 0) is 9.53 Å². The number of rotatable bonds is 10. The van der Waals surface area contributed by atoms with Gasteiger partial charge in [-0.15, -0.1) is 0 Å². The second-order valence-corrected chi connectivity index (χ2v) is 6.77. The normalized spacial score (nSPS) is 11.7. The van der Waals surface area contributed by atoms with E-state index in [0.717, 1.165) is 6.42 Å². The van der Waals surface area contributed by atoms with Gasteiger partial charge >= 0.3 is 5.97 Å². The quantitative estimate of drug-likeness (QED) is 0.580. The van der Waals surface area contributed by atoms with Crippen LogP contribution in [0.1, 0.15) is 37.6 Å². The number of hydrogen-bond acceptors (Lipinski definition) is 6. The number of nitrogens with zero attached hydrogens (tertiary/aromatic N) is 1. The van der Waals surface area contributed by atoms with Crippen molar-refractivity contribution in [2.24, 2.45) is 11.8 Å². The SMILES string of the molecule is COC(=O)C(C)CN(CCC(C)C)C(=O)c1cc(OC)c(OC)c(OC)c1. The number of carbonyl (C=O) groups excluding carboxylic acids is 2. The zero-order valence-corrected chi connectivity index (χ0v) is 17.3. The van der Waals surface area contributed by atoms with Gasteiger partial charge in [0.25, 0.3) is 5.91 Å². The first-order chi connectivity index (χ1) is 12.8. The van der Waals surface area contributed by atoms with Gasteiger partial charge in [0.05, 0.1) is 34.4 Å². The van der Waals surface area contributed by atoms with E-state index in [-0.39, 0.29) is 18.4 Å². The molecule has 0 saturated carbocycles. The fraction of sp³-hybridized carbons (Fsp3) is 0.600. The molecule has 7 nitrogen and oxygen atoms in total. The molecule has 0 N–H and O–H groups in total. The van der Waals surface area contributed by atoms with Gasteiger partial charge in [0.2, 0.25) is 5.75 Å². The minimum absolute atomic E-state index is 0.203. The van der Waals surface area contributed by atoms with Gasteiger partial charge in [-0.2, -0.15) is 0 Å². The van der Waals surface area contributed by atoms with Crippen molar-refractivity contribution in [2.75, 3.05) is 41.5 Å². The summed E-state index contributed by atoms with van der Waals surface area (Å²) in [5, 5.41) is 0. The Kier molecular flexibility index (Phi) is 8.91. The Labute approximate surface area is 161 Å². The second kappa shape index (κ2) is 10.6. The maximum Gasteiger partial charge on any atom is 0.310 e. The number of esters is 1. The van der Waals surface area contributed by atoms with Crippen LogP contribution in [0.25, 0.3) is 0 Å². The van der Waals surface area contributed by atoms with Gasteiger partial charge in [-0.3, -0.25) is 9.59 Å². The van der Waals surface area contributed by atoms with Crippen LogP contribution in [0.4, 0.5) is 0 Å². The molecule has 27 heavy (non-hydrogen) atoms. The van der Waals surface area contributed by atoms with Gasteiger partial charge < -0.3 is 23.8 Å². The summed E-state index contributed by atoms with van der Waals surface area (Å²) in [6, 6.07) is 3.24. The maximum atomic E-state index is 13.2. The Morgan fingerprint density at radius 3 is 1.93 bits per heavy atom. The Morgan fingerprint density at radius 2 is 1.52 bits per heavy atom. The molecule has 7 heteroatoms. The van der Waals surface area contributed by atoms with Crippen molar-refractivity contribution >= 4 is 11.9 Å². The predicted molar refractivity (Wildman–Crippen MR) is 103 cm³/mol. The third-order valence-electron chi connectivity index (χ3n) is 4.27. The van der Waals surface area contributed by atoms with Crippen molar-refractivity contribution in [3.8, 4) is 17.2 Å². The molecule has 0 heterocycles. The molecule has 1 unspecified atom stereocenters. The van der Waals surface area contributed by atoms with E-state index >= 15 is 0 Å². The highest BCUT2D eigenvalue weighted by Gasteiger charge is 2.25. The Balaban J connectivity index is 3.21. The minimum atomic E-state index is -0.423. The second-order valence-electron chi connectivity index (χ2n) is 6.77. The highest BCUT2D eigenvalue weighted by atomic mass is 16.5. The van der Waals surface area contributed by atoms with Crippen molar-refractivity contribution in [3.05, 3.63) is 17.7 Å². The summed E-state index contributed by atoms with van der Waals surface area (Å²) < 4.78 is 20.8. The lowest BCUT2D eigenvalue weighted by atomic mass is 10.1. The molecule has 0 aromatic heterocycles. The van der Waals surface area contributed by atoms with Crippen LogP contribution in [0.5, 0.6) is 17.2 Å². The topological polar surface area (TPSA) is 74.3 Å². The van der Waals surface area contributed by atoms with Crippen LogP contribution >= 0.6 is 0 Å². The molecule has 1 amide bonds. The van der Waals surface area contributed by atoms with E-state index in [1.807, 2.05) is 0 Å². The first-order valence-electron chi connectivity index (χ1n) is 8.96. The molecule has 0 aliphatic carbocycles. The van der Waals surface area contributed by atoms with Gasteiger partial charge in [-0.05, 0) is 24.5 Å². The Bertz CT molecular complexity index is 618. The van der Waals surface area contributed by atoms with Crippen LogP contribution in [0.3, 0.4) is 0 Å². The van der Waals surface area contributed by atoms with Crippen LogP contribution < -0.4 is 14.2 Å². The lowest BCUT2D eigenvalue weighted by Gasteiger charge is -2.26. The molecule has 1 rings (SSSR count). The van der Waals surface area contributed by atoms with E-state index in [4.69, 9.17) is 18.9 Å². The third-order valence-corrected chi connectivity index (χ3v) is 4.27. The number of benzene rings is 1. The Hall–Kier alpha value is -2.44.